The van der Waals surface area contributed by atoms with E-state index in [9.17, 15) is 0 Å². The predicted molar refractivity (Wildman–Crippen MR) is 79.5 cm³/mol. The van der Waals surface area contributed by atoms with Crippen LogP contribution in [0.15, 0.2) is 36.7 Å². The maximum atomic E-state index is 4.32. The molecule has 2 heterocycles. The summed E-state index contributed by atoms with van der Waals surface area (Å²) in [5.74, 6) is 0.592. The maximum absolute atomic E-state index is 4.32. The number of hydrogen-bond donors (Lipinski definition) is 2. The van der Waals surface area contributed by atoms with Gasteiger partial charge in [0, 0.05) is 36.1 Å². The Morgan fingerprint density at radius 2 is 2.29 bits per heavy atom. The van der Waals surface area contributed by atoms with E-state index in [1.165, 1.54) is 0 Å². The first-order valence-electron chi connectivity index (χ1n) is 6.94. The van der Waals surface area contributed by atoms with Crippen LogP contribution in [0.1, 0.15) is 18.9 Å². The van der Waals surface area contributed by atoms with Crippen molar-refractivity contribution in [2.45, 2.75) is 26.4 Å². The van der Waals surface area contributed by atoms with Gasteiger partial charge >= 0.3 is 0 Å². The quantitative estimate of drug-likeness (QED) is 0.723. The molecule has 0 aliphatic rings. The second-order valence-electron chi connectivity index (χ2n) is 4.78. The molecule has 0 saturated carbocycles. The van der Waals surface area contributed by atoms with Gasteiger partial charge in [-0.3, -0.25) is 4.68 Å². The van der Waals surface area contributed by atoms with Crippen LogP contribution in [0.5, 0.6) is 0 Å². The van der Waals surface area contributed by atoms with Gasteiger partial charge in [-0.1, -0.05) is 19.1 Å². The van der Waals surface area contributed by atoms with Crippen LogP contribution in [0, 0.1) is 0 Å². The number of rotatable bonds is 6. The summed E-state index contributed by atoms with van der Waals surface area (Å²) in [6.07, 6.45) is 5.05. The Balaban J connectivity index is 1.66. The van der Waals surface area contributed by atoms with Gasteiger partial charge in [-0.25, -0.2) is 0 Å². The average molecular weight is 283 g/mol. The van der Waals surface area contributed by atoms with E-state index in [1.807, 2.05) is 35.1 Å². The molecule has 3 aromatic rings. The summed E-state index contributed by atoms with van der Waals surface area (Å²) in [6, 6.07) is 7.94. The molecule has 2 aromatic heterocycles. The molecule has 0 unspecified atom stereocenters. The van der Waals surface area contributed by atoms with E-state index in [2.05, 4.69) is 44.2 Å². The van der Waals surface area contributed by atoms with Gasteiger partial charge in [0.15, 0.2) is 0 Å². The minimum absolute atomic E-state index is 0.592. The molecule has 0 saturated heterocycles. The molecule has 108 valence electrons. The van der Waals surface area contributed by atoms with Crippen molar-refractivity contribution in [1.29, 1.82) is 0 Å². The molecule has 7 nitrogen and oxygen atoms in total. The first kappa shape index (κ1) is 13.3. The summed E-state index contributed by atoms with van der Waals surface area (Å²) in [6.45, 7) is 3.83. The van der Waals surface area contributed by atoms with Crippen LogP contribution in [0.3, 0.4) is 0 Å². The van der Waals surface area contributed by atoms with Gasteiger partial charge in [0.25, 0.3) is 0 Å². The molecule has 7 heteroatoms. The Hall–Kier alpha value is -2.70. The van der Waals surface area contributed by atoms with E-state index >= 15 is 0 Å². The first-order valence-corrected chi connectivity index (χ1v) is 6.94. The fraction of sp³-hybridized carbons (Fsp3) is 0.286. The van der Waals surface area contributed by atoms with E-state index < -0.39 is 0 Å². The summed E-state index contributed by atoms with van der Waals surface area (Å²) in [7, 11) is 0. The second kappa shape index (κ2) is 6.17. The van der Waals surface area contributed by atoms with Gasteiger partial charge in [0.2, 0.25) is 5.82 Å². The van der Waals surface area contributed by atoms with Gasteiger partial charge in [-0.05, 0) is 23.8 Å². The summed E-state index contributed by atoms with van der Waals surface area (Å²) < 4.78 is 1.97. The Labute approximate surface area is 122 Å². The molecule has 3 rings (SSSR count). The molecule has 0 atom stereocenters. The Morgan fingerprint density at radius 3 is 3.10 bits per heavy atom. The third kappa shape index (κ3) is 3.25. The van der Waals surface area contributed by atoms with Crippen LogP contribution in [0.2, 0.25) is 0 Å². The first-order chi connectivity index (χ1) is 10.3. The number of anilines is 1. The third-order valence-electron chi connectivity index (χ3n) is 3.10. The molecule has 0 fully saturated rings. The molecule has 1 aromatic carbocycles. The zero-order valence-electron chi connectivity index (χ0n) is 11.8. The topological polar surface area (TPSA) is 84.3 Å². The highest BCUT2D eigenvalue weighted by Gasteiger charge is 2.04. The van der Waals surface area contributed by atoms with Crippen molar-refractivity contribution in [3.63, 3.8) is 0 Å². The smallest absolute Gasteiger partial charge is 0.204 e. The van der Waals surface area contributed by atoms with E-state index in [4.69, 9.17) is 0 Å². The third-order valence-corrected chi connectivity index (χ3v) is 3.10. The van der Waals surface area contributed by atoms with Crippen LogP contribution in [-0.2, 0) is 13.1 Å². The van der Waals surface area contributed by atoms with Crippen molar-refractivity contribution in [2.75, 3.05) is 5.32 Å². The number of tetrazole rings is 1. The molecule has 0 bridgehead atoms. The summed E-state index contributed by atoms with van der Waals surface area (Å²) >= 11 is 0. The molecule has 0 aliphatic heterocycles. The lowest BCUT2D eigenvalue weighted by Crippen LogP contribution is -1.99. The number of aryl methyl sites for hydroxylation is 1. The van der Waals surface area contributed by atoms with Crippen LogP contribution >= 0.6 is 0 Å². The van der Waals surface area contributed by atoms with Crippen molar-refractivity contribution >= 4 is 5.69 Å². The molecule has 2 N–H and O–H groups in total. The van der Waals surface area contributed by atoms with Crippen molar-refractivity contribution in [3.8, 4) is 11.4 Å². The lowest BCUT2D eigenvalue weighted by molar-refractivity contribution is 0.602. The minimum Gasteiger partial charge on any atom is -0.381 e. The lowest BCUT2D eigenvalue weighted by Gasteiger charge is -2.05. The lowest BCUT2D eigenvalue weighted by atomic mass is 10.2. The standard InChI is InChI=1S/C14H17N7/c1-2-6-21-10-11(9-16-21)8-15-13-5-3-4-12(7-13)14-17-19-20-18-14/h3-5,7,9-10,15H,2,6,8H2,1H3,(H,17,18,19,20). The van der Waals surface area contributed by atoms with Gasteiger partial charge < -0.3 is 5.32 Å². The van der Waals surface area contributed by atoms with Gasteiger partial charge in [-0.2, -0.15) is 10.3 Å². The fourth-order valence-electron chi connectivity index (χ4n) is 2.11. The predicted octanol–water partition coefficient (Wildman–Crippen LogP) is 2.09. The molecule has 0 amide bonds. The summed E-state index contributed by atoms with van der Waals surface area (Å²) in [5.41, 5.74) is 3.10. The SMILES string of the molecule is CCCn1cc(CNc2cccc(-c3nn[nH]n3)c2)cn1. The minimum atomic E-state index is 0.592. The van der Waals surface area contributed by atoms with E-state index in [-0.39, 0.29) is 0 Å². The molecular formula is C14H17N7. The van der Waals surface area contributed by atoms with Gasteiger partial charge in [0.1, 0.15) is 0 Å². The Kier molecular flexibility index (Phi) is 3.90. The number of benzene rings is 1. The second-order valence-corrected chi connectivity index (χ2v) is 4.78. The average Bonchev–Trinajstić information content (AvgIpc) is 3.18. The monoisotopic (exact) mass is 283 g/mol. The molecular weight excluding hydrogens is 266 g/mol. The molecule has 0 aliphatic carbocycles. The molecule has 0 spiro atoms. The van der Waals surface area contributed by atoms with Crippen LogP contribution in [0.25, 0.3) is 11.4 Å². The highest BCUT2D eigenvalue weighted by atomic mass is 15.5. The van der Waals surface area contributed by atoms with Crippen LogP contribution in [0.4, 0.5) is 5.69 Å². The number of H-pyrrole nitrogens is 1. The van der Waals surface area contributed by atoms with Gasteiger partial charge in [0.05, 0.1) is 6.20 Å². The zero-order chi connectivity index (χ0) is 14.5. The van der Waals surface area contributed by atoms with Crippen LogP contribution in [-0.4, -0.2) is 30.4 Å². The summed E-state index contributed by atoms with van der Waals surface area (Å²) in [5, 5.41) is 21.7. The maximum Gasteiger partial charge on any atom is 0.204 e. The highest BCUT2D eigenvalue weighted by Crippen LogP contribution is 2.18. The molecule has 0 radical (unpaired) electrons. The Morgan fingerprint density at radius 1 is 1.33 bits per heavy atom. The number of nitrogens with one attached hydrogen (secondary N) is 2. The number of aromatic nitrogens is 6. The normalized spacial score (nSPS) is 10.7. The fourth-order valence-corrected chi connectivity index (χ4v) is 2.11. The van der Waals surface area contributed by atoms with Crippen LogP contribution < -0.4 is 5.32 Å². The van der Waals surface area contributed by atoms with Crippen molar-refractivity contribution in [1.82, 2.24) is 30.4 Å². The largest absolute Gasteiger partial charge is 0.381 e. The zero-order valence-corrected chi connectivity index (χ0v) is 11.8. The van der Waals surface area contributed by atoms with Crippen molar-refractivity contribution in [3.05, 3.63) is 42.2 Å². The van der Waals surface area contributed by atoms with E-state index in [0.29, 0.717) is 5.82 Å². The Bertz CT molecular complexity index is 687. The molecule has 21 heavy (non-hydrogen) atoms. The van der Waals surface area contributed by atoms with Crippen molar-refractivity contribution < 1.29 is 0 Å². The summed E-state index contributed by atoms with van der Waals surface area (Å²) in [4.78, 5) is 0. The highest BCUT2D eigenvalue weighted by molar-refractivity contribution is 5.61. The van der Waals surface area contributed by atoms with Crippen molar-refractivity contribution in [2.24, 2.45) is 0 Å². The number of aromatic amines is 1. The number of nitrogens with zero attached hydrogens (tertiary/aromatic N) is 5. The van der Waals surface area contributed by atoms with E-state index in [0.717, 1.165) is 36.3 Å². The van der Waals surface area contributed by atoms with Gasteiger partial charge in [-0.15, -0.1) is 10.2 Å². The van der Waals surface area contributed by atoms with E-state index in [1.54, 1.807) is 0 Å². The number of hydrogen-bond acceptors (Lipinski definition) is 5.